The van der Waals surface area contributed by atoms with Gasteiger partial charge in [-0.15, -0.1) is 0 Å². The number of halogens is 1. The molecule has 0 radical (unpaired) electrons. The highest BCUT2D eigenvalue weighted by molar-refractivity contribution is 5.81. The molecule has 1 aromatic heterocycles. The van der Waals surface area contributed by atoms with Gasteiger partial charge in [-0.1, -0.05) is 38.1 Å². The van der Waals surface area contributed by atoms with Gasteiger partial charge in [-0.05, 0) is 42.5 Å². The van der Waals surface area contributed by atoms with Gasteiger partial charge in [0.1, 0.15) is 17.4 Å². The highest BCUT2D eigenvalue weighted by Crippen LogP contribution is 2.35. The van der Waals surface area contributed by atoms with Crippen molar-refractivity contribution >= 4 is 17.0 Å². The molecule has 5 heteroatoms. The molecule has 4 nitrogen and oxygen atoms in total. The number of carbonyl (C=O) groups is 1. The average Bonchev–Trinajstić information content (AvgIpc) is 3.27. The number of benzene rings is 2. The Morgan fingerprint density at radius 3 is 2.89 bits per heavy atom. The van der Waals surface area contributed by atoms with Crippen LogP contribution in [0.25, 0.3) is 22.2 Å². The minimum absolute atomic E-state index is 0.111. The summed E-state index contributed by atoms with van der Waals surface area (Å²) in [4.78, 5) is 19.1. The lowest BCUT2D eigenvalue weighted by molar-refractivity contribution is -0.133. The SMILES string of the molecule is CC(C)CC(=O)N1CCCC1c1nc2cc(-c3ccccc3F)ccc2o1. The molecule has 1 saturated heterocycles. The average molecular weight is 366 g/mol. The molecule has 1 aliphatic rings. The Morgan fingerprint density at radius 1 is 1.30 bits per heavy atom. The number of hydrogen-bond donors (Lipinski definition) is 0. The number of fused-ring (bicyclic) bond motifs is 1. The van der Waals surface area contributed by atoms with Crippen molar-refractivity contribution in [2.45, 2.75) is 39.2 Å². The Labute approximate surface area is 158 Å². The molecule has 27 heavy (non-hydrogen) atoms. The number of rotatable bonds is 4. The molecule has 1 unspecified atom stereocenters. The van der Waals surface area contributed by atoms with Gasteiger partial charge in [-0.25, -0.2) is 9.37 Å². The molecule has 0 aliphatic carbocycles. The molecule has 1 amide bonds. The van der Waals surface area contributed by atoms with Gasteiger partial charge in [-0.3, -0.25) is 4.79 Å². The predicted molar refractivity (Wildman–Crippen MR) is 103 cm³/mol. The van der Waals surface area contributed by atoms with E-state index in [0.29, 0.717) is 34.9 Å². The third kappa shape index (κ3) is 3.46. The number of likely N-dealkylation sites (tertiary alicyclic amines) is 1. The molecule has 3 aromatic rings. The monoisotopic (exact) mass is 366 g/mol. The Hall–Kier alpha value is -2.69. The fourth-order valence-corrected chi connectivity index (χ4v) is 3.74. The van der Waals surface area contributed by atoms with Crippen LogP contribution in [0, 0.1) is 11.7 Å². The van der Waals surface area contributed by atoms with E-state index in [-0.39, 0.29) is 17.8 Å². The third-order valence-electron chi connectivity index (χ3n) is 5.03. The summed E-state index contributed by atoms with van der Waals surface area (Å²) in [7, 11) is 0. The minimum atomic E-state index is -0.262. The van der Waals surface area contributed by atoms with Gasteiger partial charge in [-0.2, -0.15) is 0 Å². The first-order valence-electron chi connectivity index (χ1n) is 9.48. The fraction of sp³-hybridized carbons (Fsp3) is 0.364. The molecule has 1 fully saturated rings. The molecule has 1 aliphatic heterocycles. The molecule has 0 saturated carbocycles. The smallest absolute Gasteiger partial charge is 0.223 e. The molecule has 0 spiro atoms. The van der Waals surface area contributed by atoms with Crippen molar-refractivity contribution in [3.05, 3.63) is 54.2 Å². The van der Waals surface area contributed by atoms with Crippen molar-refractivity contribution in [1.29, 1.82) is 0 Å². The van der Waals surface area contributed by atoms with E-state index in [1.54, 1.807) is 12.1 Å². The van der Waals surface area contributed by atoms with Gasteiger partial charge in [0.25, 0.3) is 0 Å². The van der Waals surface area contributed by atoms with Gasteiger partial charge >= 0.3 is 0 Å². The van der Waals surface area contributed by atoms with Crippen molar-refractivity contribution in [1.82, 2.24) is 9.88 Å². The summed E-state index contributed by atoms with van der Waals surface area (Å²) in [6.45, 7) is 4.84. The maximum Gasteiger partial charge on any atom is 0.223 e. The lowest BCUT2D eigenvalue weighted by Crippen LogP contribution is -2.31. The van der Waals surface area contributed by atoms with Crippen molar-refractivity contribution < 1.29 is 13.6 Å². The van der Waals surface area contributed by atoms with Crippen LogP contribution in [0.3, 0.4) is 0 Å². The number of oxazole rings is 1. The van der Waals surface area contributed by atoms with Crippen LogP contribution in [0.4, 0.5) is 4.39 Å². The van der Waals surface area contributed by atoms with Crippen LogP contribution in [0.2, 0.25) is 0 Å². The van der Waals surface area contributed by atoms with Gasteiger partial charge in [0.2, 0.25) is 11.8 Å². The quantitative estimate of drug-likeness (QED) is 0.626. The normalized spacial score (nSPS) is 17.2. The van der Waals surface area contributed by atoms with Crippen LogP contribution in [-0.2, 0) is 4.79 Å². The largest absolute Gasteiger partial charge is 0.438 e. The summed E-state index contributed by atoms with van der Waals surface area (Å²) >= 11 is 0. The minimum Gasteiger partial charge on any atom is -0.438 e. The van der Waals surface area contributed by atoms with Crippen LogP contribution in [0.1, 0.15) is 45.0 Å². The molecule has 2 heterocycles. The Bertz CT molecular complexity index is 979. The Kier molecular flexibility index (Phi) is 4.68. The third-order valence-corrected chi connectivity index (χ3v) is 5.03. The van der Waals surface area contributed by atoms with Crippen molar-refractivity contribution in [3.8, 4) is 11.1 Å². The second-order valence-electron chi connectivity index (χ2n) is 7.56. The highest BCUT2D eigenvalue weighted by atomic mass is 19.1. The Balaban J connectivity index is 1.65. The van der Waals surface area contributed by atoms with E-state index in [1.165, 1.54) is 6.07 Å². The molecule has 2 aromatic carbocycles. The van der Waals surface area contributed by atoms with Gasteiger partial charge in [0.05, 0.1) is 0 Å². The number of nitrogens with zero attached hydrogens (tertiary/aromatic N) is 2. The standard InChI is InChI=1S/C22H23FN2O2/c1-14(2)12-21(26)25-11-5-8-19(25)22-24-18-13-15(9-10-20(18)27-22)16-6-3-4-7-17(16)23/h3-4,6-7,9-10,13-14,19H,5,8,11-12H2,1-2H3. The van der Waals surface area contributed by atoms with E-state index in [4.69, 9.17) is 4.42 Å². The second-order valence-corrected chi connectivity index (χ2v) is 7.56. The van der Waals surface area contributed by atoms with Crippen molar-refractivity contribution in [2.75, 3.05) is 6.54 Å². The first-order valence-corrected chi connectivity index (χ1v) is 9.48. The lowest BCUT2D eigenvalue weighted by atomic mass is 10.0. The number of hydrogen-bond acceptors (Lipinski definition) is 3. The second kappa shape index (κ2) is 7.14. The lowest BCUT2D eigenvalue weighted by Gasteiger charge is -2.23. The summed E-state index contributed by atoms with van der Waals surface area (Å²) in [5.41, 5.74) is 2.65. The summed E-state index contributed by atoms with van der Waals surface area (Å²) in [6.07, 6.45) is 2.35. The van der Waals surface area contributed by atoms with E-state index >= 15 is 0 Å². The Morgan fingerprint density at radius 2 is 2.11 bits per heavy atom. The van der Waals surface area contributed by atoms with Crippen molar-refractivity contribution in [2.24, 2.45) is 5.92 Å². The summed E-state index contributed by atoms with van der Waals surface area (Å²) in [6, 6.07) is 12.1. The number of carbonyl (C=O) groups excluding carboxylic acids is 1. The van der Waals surface area contributed by atoms with Gasteiger partial charge in [0, 0.05) is 18.5 Å². The molecule has 140 valence electrons. The molecule has 0 bridgehead atoms. The van der Waals surface area contributed by atoms with Crippen LogP contribution < -0.4 is 0 Å². The van der Waals surface area contributed by atoms with E-state index in [2.05, 4.69) is 4.98 Å². The highest BCUT2D eigenvalue weighted by Gasteiger charge is 2.33. The number of amides is 1. The molecular formula is C22H23FN2O2. The molecule has 4 rings (SSSR count). The van der Waals surface area contributed by atoms with E-state index in [0.717, 1.165) is 24.9 Å². The van der Waals surface area contributed by atoms with Crippen LogP contribution in [-0.4, -0.2) is 22.3 Å². The first-order chi connectivity index (χ1) is 13.0. The zero-order valence-electron chi connectivity index (χ0n) is 15.6. The van der Waals surface area contributed by atoms with E-state index < -0.39 is 0 Å². The van der Waals surface area contributed by atoms with E-state index in [9.17, 15) is 9.18 Å². The zero-order chi connectivity index (χ0) is 19.0. The van der Waals surface area contributed by atoms with Gasteiger partial charge < -0.3 is 9.32 Å². The summed E-state index contributed by atoms with van der Waals surface area (Å²) in [5, 5.41) is 0. The molecule has 1 atom stereocenters. The number of aromatic nitrogens is 1. The maximum atomic E-state index is 14.1. The first kappa shape index (κ1) is 17.7. The van der Waals surface area contributed by atoms with Crippen LogP contribution >= 0.6 is 0 Å². The van der Waals surface area contributed by atoms with Gasteiger partial charge in [0.15, 0.2) is 5.58 Å². The topological polar surface area (TPSA) is 46.3 Å². The summed E-state index contributed by atoms with van der Waals surface area (Å²) in [5.74, 6) is 0.791. The maximum absolute atomic E-state index is 14.1. The zero-order valence-corrected chi connectivity index (χ0v) is 15.6. The molecular weight excluding hydrogens is 343 g/mol. The summed E-state index contributed by atoms with van der Waals surface area (Å²) < 4.78 is 20.0. The predicted octanol–water partition coefficient (Wildman–Crippen LogP) is 5.34. The van der Waals surface area contributed by atoms with Crippen LogP contribution in [0.15, 0.2) is 46.9 Å². The van der Waals surface area contributed by atoms with Crippen molar-refractivity contribution in [3.63, 3.8) is 0 Å². The van der Waals surface area contributed by atoms with Crippen LogP contribution in [0.5, 0.6) is 0 Å². The fourth-order valence-electron chi connectivity index (χ4n) is 3.74. The molecule has 0 N–H and O–H groups in total. The van der Waals surface area contributed by atoms with E-state index in [1.807, 2.05) is 43.0 Å².